The van der Waals surface area contributed by atoms with Crippen LogP contribution in [0.5, 0.6) is 17.2 Å². The fraction of sp³-hybridized carbons (Fsp3) is 0.341. The lowest BCUT2D eigenvalue weighted by atomic mass is 9.93. The van der Waals surface area contributed by atoms with Crippen LogP contribution in [0.2, 0.25) is 5.02 Å². The standard InChI is InChI=1S/C41H46ClN5O5/c1-4-41(49)46-14-13-44-24-33-19-37(42)40(20-39(33)51-26-31-18-30(21-43)22-45-23-31)52-27-32-8-5-9-35(28(32)2)36-10-6-11-38(29(36)3)50-17-7-15-47-16-12-34(48)25-47/h4-6,8-11,18-20,22-23,34,44,48H,1,7,12-17,24-27H2,2-3H3,(H,46,49)/t34-/m1/s1. The molecule has 0 spiro atoms. The lowest BCUT2D eigenvalue weighted by molar-refractivity contribution is -0.116. The highest BCUT2D eigenvalue weighted by atomic mass is 35.5. The number of aliphatic hydroxyl groups is 1. The summed E-state index contributed by atoms with van der Waals surface area (Å²) in [6, 6.07) is 19.8. The summed E-state index contributed by atoms with van der Waals surface area (Å²) in [5.41, 5.74) is 7.40. The minimum absolute atomic E-state index is 0.192. The molecule has 52 heavy (non-hydrogen) atoms. The molecule has 5 rings (SSSR count). The number of nitrogens with zero attached hydrogens (tertiary/aromatic N) is 3. The number of pyridine rings is 1. The molecule has 1 saturated heterocycles. The highest BCUT2D eigenvalue weighted by Crippen LogP contribution is 2.36. The minimum Gasteiger partial charge on any atom is -0.493 e. The van der Waals surface area contributed by atoms with Gasteiger partial charge in [-0.05, 0) is 78.8 Å². The summed E-state index contributed by atoms with van der Waals surface area (Å²) in [6.07, 6.45) is 5.94. The van der Waals surface area contributed by atoms with Crippen molar-refractivity contribution in [1.29, 1.82) is 5.26 Å². The molecule has 1 aliphatic heterocycles. The summed E-state index contributed by atoms with van der Waals surface area (Å²) >= 11 is 6.78. The molecule has 0 aliphatic carbocycles. The number of likely N-dealkylation sites (tertiary alicyclic amines) is 1. The molecule has 10 nitrogen and oxygen atoms in total. The van der Waals surface area contributed by atoms with E-state index in [-0.39, 0.29) is 25.2 Å². The number of benzene rings is 3. The van der Waals surface area contributed by atoms with Crippen LogP contribution in [0.15, 0.2) is 79.6 Å². The van der Waals surface area contributed by atoms with Crippen molar-refractivity contribution >= 4 is 17.5 Å². The number of nitriles is 1. The average molecular weight is 724 g/mol. The van der Waals surface area contributed by atoms with Gasteiger partial charge in [-0.15, -0.1) is 0 Å². The van der Waals surface area contributed by atoms with Crippen LogP contribution < -0.4 is 24.8 Å². The first-order valence-electron chi connectivity index (χ1n) is 17.5. The number of carbonyl (C=O) groups is 1. The maximum Gasteiger partial charge on any atom is 0.243 e. The Balaban J connectivity index is 1.27. The van der Waals surface area contributed by atoms with E-state index in [1.54, 1.807) is 18.3 Å². The molecule has 4 aromatic rings. The zero-order chi connectivity index (χ0) is 36.9. The topological polar surface area (TPSA) is 129 Å². The number of hydrogen-bond donors (Lipinski definition) is 3. The van der Waals surface area contributed by atoms with Crippen LogP contribution in [0, 0.1) is 25.2 Å². The van der Waals surface area contributed by atoms with Crippen molar-refractivity contribution in [2.24, 2.45) is 0 Å². The molecule has 1 amide bonds. The molecule has 1 fully saturated rings. The Labute approximate surface area is 311 Å². The van der Waals surface area contributed by atoms with Crippen LogP contribution in [0.1, 0.15) is 46.2 Å². The predicted molar refractivity (Wildman–Crippen MR) is 203 cm³/mol. The smallest absolute Gasteiger partial charge is 0.243 e. The Morgan fingerprint density at radius 3 is 2.58 bits per heavy atom. The second-order valence-electron chi connectivity index (χ2n) is 12.8. The number of aliphatic hydroxyl groups excluding tert-OH is 1. The molecule has 0 saturated carbocycles. The highest BCUT2D eigenvalue weighted by Gasteiger charge is 2.20. The predicted octanol–water partition coefficient (Wildman–Crippen LogP) is 6.28. The highest BCUT2D eigenvalue weighted by molar-refractivity contribution is 6.32. The van der Waals surface area contributed by atoms with Crippen LogP contribution in [-0.4, -0.2) is 66.3 Å². The van der Waals surface area contributed by atoms with Crippen molar-refractivity contribution in [1.82, 2.24) is 20.5 Å². The molecular weight excluding hydrogens is 678 g/mol. The van der Waals surface area contributed by atoms with E-state index < -0.39 is 0 Å². The van der Waals surface area contributed by atoms with Gasteiger partial charge in [-0.3, -0.25) is 9.78 Å². The molecule has 0 unspecified atom stereocenters. The summed E-state index contributed by atoms with van der Waals surface area (Å²) in [6.45, 7) is 12.7. The fourth-order valence-corrected chi connectivity index (χ4v) is 6.39. The van der Waals surface area contributed by atoms with Crippen LogP contribution in [-0.2, 0) is 24.6 Å². The fourth-order valence-electron chi connectivity index (χ4n) is 6.15. The van der Waals surface area contributed by atoms with Crippen LogP contribution in [0.25, 0.3) is 11.1 Å². The largest absolute Gasteiger partial charge is 0.493 e. The second kappa shape index (κ2) is 19.1. The van der Waals surface area contributed by atoms with E-state index in [1.807, 2.05) is 30.3 Å². The monoisotopic (exact) mass is 723 g/mol. The average Bonchev–Trinajstić information content (AvgIpc) is 3.58. The molecule has 11 heteroatoms. The van der Waals surface area contributed by atoms with Crippen molar-refractivity contribution in [3.8, 4) is 34.4 Å². The van der Waals surface area contributed by atoms with Gasteiger partial charge in [0.15, 0.2) is 0 Å². The van der Waals surface area contributed by atoms with Crippen LogP contribution >= 0.6 is 11.6 Å². The van der Waals surface area contributed by atoms with Crippen molar-refractivity contribution in [2.45, 2.75) is 52.6 Å². The summed E-state index contributed by atoms with van der Waals surface area (Å²) in [5.74, 6) is 1.68. The lowest BCUT2D eigenvalue weighted by Crippen LogP contribution is -2.30. The zero-order valence-electron chi connectivity index (χ0n) is 29.8. The van der Waals surface area contributed by atoms with Gasteiger partial charge in [0.2, 0.25) is 5.91 Å². The summed E-state index contributed by atoms with van der Waals surface area (Å²) in [5, 5.41) is 25.6. The molecule has 1 aromatic heterocycles. The molecule has 1 aliphatic rings. The van der Waals surface area contributed by atoms with E-state index in [4.69, 9.17) is 25.8 Å². The third-order valence-corrected chi connectivity index (χ3v) is 9.36. The van der Waals surface area contributed by atoms with E-state index in [2.05, 4.69) is 59.1 Å². The third kappa shape index (κ3) is 10.6. The number of amides is 1. The van der Waals surface area contributed by atoms with Crippen molar-refractivity contribution in [3.63, 3.8) is 0 Å². The Morgan fingerprint density at radius 2 is 1.81 bits per heavy atom. The Hall–Kier alpha value is -4.92. The molecule has 1 atom stereocenters. The quantitative estimate of drug-likeness (QED) is 0.0803. The maximum absolute atomic E-state index is 11.5. The molecule has 2 heterocycles. The van der Waals surface area contributed by atoms with E-state index in [1.165, 1.54) is 12.3 Å². The number of ether oxygens (including phenoxy) is 3. The number of hydrogen-bond acceptors (Lipinski definition) is 9. The molecular formula is C41H46ClN5O5. The number of β-amino-alcohol motifs (C(OH)–C–C–N with tert-alkyl or cyclic N) is 1. The SMILES string of the molecule is C=CC(=O)NCCNCc1cc(Cl)c(OCc2cccc(-c3cccc(OCCCN4CC[C@@H](O)C4)c3C)c2C)cc1OCc1cncc(C#N)c1. The molecule has 272 valence electrons. The molecule has 0 radical (unpaired) electrons. The zero-order valence-corrected chi connectivity index (χ0v) is 30.5. The maximum atomic E-state index is 11.5. The first-order valence-corrected chi connectivity index (χ1v) is 17.9. The normalized spacial score (nSPS) is 14.1. The van der Waals surface area contributed by atoms with Gasteiger partial charge in [-0.25, -0.2) is 0 Å². The van der Waals surface area contributed by atoms with E-state index in [9.17, 15) is 15.2 Å². The van der Waals surface area contributed by atoms with E-state index in [0.717, 1.165) is 77.2 Å². The van der Waals surface area contributed by atoms with Gasteiger partial charge >= 0.3 is 0 Å². The Kier molecular flexibility index (Phi) is 14.0. The molecule has 0 bridgehead atoms. The summed E-state index contributed by atoms with van der Waals surface area (Å²) in [4.78, 5) is 17.9. The van der Waals surface area contributed by atoms with Crippen LogP contribution in [0.3, 0.4) is 0 Å². The first kappa shape index (κ1) is 38.3. The minimum atomic E-state index is -0.232. The van der Waals surface area contributed by atoms with Gasteiger partial charge < -0.3 is 34.9 Å². The van der Waals surface area contributed by atoms with Gasteiger partial charge in [0.25, 0.3) is 0 Å². The number of carbonyl (C=O) groups excluding carboxylic acids is 1. The first-order chi connectivity index (χ1) is 25.2. The third-order valence-electron chi connectivity index (χ3n) is 9.06. The van der Waals surface area contributed by atoms with Crippen LogP contribution in [0.4, 0.5) is 0 Å². The number of rotatable bonds is 18. The molecule has 3 N–H and O–H groups in total. The Bertz CT molecular complexity index is 1890. The lowest BCUT2D eigenvalue weighted by Gasteiger charge is -2.19. The van der Waals surface area contributed by atoms with E-state index >= 15 is 0 Å². The summed E-state index contributed by atoms with van der Waals surface area (Å²) < 4.78 is 18.8. The number of nitrogens with one attached hydrogen (secondary N) is 2. The van der Waals surface area contributed by atoms with Gasteiger partial charge in [0.05, 0.1) is 23.3 Å². The number of halogens is 1. The van der Waals surface area contributed by atoms with Gasteiger partial charge in [0, 0.05) is 68.9 Å². The van der Waals surface area contributed by atoms with Gasteiger partial charge in [0.1, 0.15) is 36.5 Å². The Morgan fingerprint density at radius 1 is 1.02 bits per heavy atom. The van der Waals surface area contributed by atoms with Crippen molar-refractivity contribution in [2.75, 3.05) is 39.3 Å². The van der Waals surface area contributed by atoms with Crippen molar-refractivity contribution < 1.29 is 24.1 Å². The summed E-state index contributed by atoms with van der Waals surface area (Å²) in [7, 11) is 0. The van der Waals surface area contributed by atoms with Gasteiger partial charge in [-0.2, -0.15) is 5.26 Å². The second-order valence-corrected chi connectivity index (χ2v) is 13.2. The van der Waals surface area contributed by atoms with E-state index in [0.29, 0.717) is 48.3 Å². The molecule has 3 aromatic carbocycles. The number of aromatic nitrogens is 1. The van der Waals surface area contributed by atoms with Gasteiger partial charge in [-0.1, -0.05) is 48.5 Å². The van der Waals surface area contributed by atoms with Crippen molar-refractivity contribution in [3.05, 3.63) is 118 Å².